The van der Waals surface area contributed by atoms with Crippen LogP contribution in [0.4, 0.5) is 4.39 Å². The van der Waals surface area contributed by atoms with Gasteiger partial charge in [0, 0.05) is 16.6 Å². The smallest absolute Gasteiger partial charge is 0.145 e. The lowest BCUT2D eigenvalue weighted by molar-refractivity contribution is 0.471. The van der Waals surface area contributed by atoms with Crippen molar-refractivity contribution >= 4 is 15.9 Å². The normalized spacial score (nSPS) is 12.2. The third-order valence-corrected chi connectivity index (χ3v) is 3.40. The summed E-state index contributed by atoms with van der Waals surface area (Å²) in [6.45, 7) is 2.09. The quantitative estimate of drug-likeness (QED) is 0.874. The van der Waals surface area contributed by atoms with Crippen LogP contribution in [0.5, 0.6) is 11.5 Å². The first kappa shape index (κ1) is 14.9. The van der Waals surface area contributed by atoms with E-state index in [2.05, 4.69) is 33.2 Å². The molecule has 1 atom stereocenters. The molecule has 0 saturated heterocycles. The van der Waals surface area contributed by atoms with Gasteiger partial charge in [0.05, 0.1) is 11.9 Å². The molecule has 0 fully saturated rings. The van der Waals surface area contributed by atoms with Crippen LogP contribution in [0.2, 0.25) is 0 Å². The lowest BCUT2D eigenvalue weighted by Crippen LogP contribution is -2.16. The molecule has 0 amide bonds. The molecule has 2 rings (SSSR count). The number of ether oxygens (including phenoxy) is 1. The van der Waals surface area contributed by atoms with Gasteiger partial charge in [-0.15, -0.1) is 0 Å². The molecule has 106 valence electrons. The molecular weight excluding hydrogens is 323 g/mol. The number of nitrogens with one attached hydrogen (secondary N) is 1. The Morgan fingerprint density at radius 3 is 2.65 bits per heavy atom. The van der Waals surface area contributed by atoms with Crippen LogP contribution in [0.1, 0.15) is 25.1 Å². The maximum Gasteiger partial charge on any atom is 0.145 e. The van der Waals surface area contributed by atoms with Gasteiger partial charge < -0.3 is 10.1 Å². The Labute approximate surface area is 126 Å². The van der Waals surface area contributed by atoms with E-state index in [9.17, 15) is 4.39 Å². The summed E-state index contributed by atoms with van der Waals surface area (Å²) >= 11 is 3.23. The Hall–Kier alpha value is -1.46. The fourth-order valence-corrected chi connectivity index (χ4v) is 2.39. The maximum absolute atomic E-state index is 13.3. The lowest BCUT2D eigenvalue weighted by Gasteiger charge is -2.13. The Morgan fingerprint density at radius 1 is 1.30 bits per heavy atom. The van der Waals surface area contributed by atoms with Gasteiger partial charge in [-0.3, -0.25) is 4.98 Å². The van der Waals surface area contributed by atoms with E-state index in [4.69, 9.17) is 4.74 Å². The van der Waals surface area contributed by atoms with Gasteiger partial charge in [0.2, 0.25) is 0 Å². The summed E-state index contributed by atoms with van der Waals surface area (Å²) in [5, 5.41) is 3.19. The van der Waals surface area contributed by atoms with Crippen molar-refractivity contribution in [3.8, 4) is 11.5 Å². The molecule has 0 bridgehead atoms. The largest absolute Gasteiger partial charge is 0.456 e. The Kier molecular flexibility index (Phi) is 5.09. The molecule has 0 aliphatic carbocycles. The first-order valence-electron chi connectivity index (χ1n) is 6.39. The highest BCUT2D eigenvalue weighted by molar-refractivity contribution is 9.10. The van der Waals surface area contributed by atoms with Crippen LogP contribution in [0.15, 0.2) is 41.0 Å². The highest BCUT2D eigenvalue weighted by atomic mass is 79.9. The third-order valence-electron chi connectivity index (χ3n) is 2.94. The summed E-state index contributed by atoms with van der Waals surface area (Å²) < 4.78 is 19.5. The van der Waals surface area contributed by atoms with Gasteiger partial charge in [0.1, 0.15) is 17.3 Å². The minimum atomic E-state index is -0.347. The van der Waals surface area contributed by atoms with Crippen molar-refractivity contribution in [2.24, 2.45) is 0 Å². The third kappa shape index (κ3) is 3.77. The van der Waals surface area contributed by atoms with Crippen LogP contribution in [-0.4, -0.2) is 12.0 Å². The molecule has 1 aromatic heterocycles. The van der Waals surface area contributed by atoms with Crippen molar-refractivity contribution in [1.82, 2.24) is 10.3 Å². The van der Waals surface area contributed by atoms with E-state index in [0.29, 0.717) is 16.0 Å². The average molecular weight is 339 g/mol. The van der Waals surface area contributed by atoms with Crippen molar-refractivity contribution in [2.75, 3.05) is 7.05 Å². The molecule has 0 aliphatic rings. The van der Waals surface area contributed by atoms with Crippen LogP contribution < -0.4 is 10.1 Å². The SMILES string of the molecule is CCC(NC)c1ccc(Oc2cc(F)cc(Br)c2)cn1. The number of halogens is 2. The maximum atomic E-state index is 13.3. The summed E-state index contributed by atoms with van der Waals surface area (Å²) in [7, 11) is 1.91. The van der Waals surface area contributed by atoms with E-state index < -0.39 is 0 Å². The van der Waals surface area contributed by atoms with Crippen LogP contribution in [0, 0.1) is 5.82 Å². The number of pyridine rings is 1. The van der Waals surface area contributed by atoms with Crippen LogP contribution in [0.3, 0.4) is 0 Å². The van der Waals surface area contributed by atoms with Crippen molar-refractivity contribution in [2.45, 2.75) is 19.4 Å². The molecule has 20 heavy (non-hydrogen) atoms. The number of nitrogens with zero attached hydrogens (tertiary/aromatic N) is 1. The van der Waals surface area contributed by atoms with Gasteiger partial charge in [-0.25, -0.2) is 4.39 Å². The van der Waals surface area contributed by atoms with Gasteiger partial charge in [0.15, 0.2) is 0 Å². The molecular formula is C15H16BrFN2O. The molecule has 3 nitrogen and oxygen atoms in total. The van der Waals surface area contributed by atoms with Gasteiger partial charge >= 0.3 is 0 Å². The number of aromatic nitrogens is 1. The van der Waals surface area contributed by atoms with Crippen LogP contribution >= 0.6 is 15.9 Å². The van der Waals surface area contributed by atoms with E-state index in [1.54, 1.807) is 12.3 Å². The molecule has 0 saturated carbocycles. The van der Waals surface area contributed by atoms with E-state index in [0.717, 1.165) is 12.1 Å². The van der Waals surface area contributed by atoms with Gasteiger partial charge in [-0.05, 0) is 37.7 Å². The van der Waals surface area contributed by atoms with Crippen molar-refractivity contribution < 1.29 is 9.13 Å². The molecule has 2 aromatic rings. The molecule has 0 radical (unpaired) electrons. The Bertz CT molecular complexity index is 550. The van der Waals surface area contributed by atoms with Gasteiger partial charge in [-0.1, -0.05) is 22.9 Å². The highest BCUT2D eigenvalue weighted by Gasteiger charge is 2.08. The van der Waals surface area contributed by atoms with Crippen molar-refractivity contribution in [1.29, 1.82) is 0 Å². The summed E-state index contributed by atoms with van der Waals surface area (Å²) in [5.74, 6) is 0.671. The highest BCUT2D eigenvalue weighted by Crippen LogP contribution is 2.26. The number of hydrogen-bond acceptors (Lipinski definition) is 3. The second kappa shape index (κ2) is 6.81. The molecule has 1 N–H and O–H groups in total. The number of benzene rings is 1. The molecule has 0 spiro atoms. The summed E-state index contributed by atoms with van der Waals surface area (Å²) in [5.41, 5.74) is 0.961. The van der Waals surface area contributed by atoms with Crippen molar-refractivity contribution in [3.05, 3.63) is 52.5 Å². The van der Waals surface area contributed by atoms with Crippen LogP contribution in [0.25, 0.3) is 0 Å². The second-order valence-corrected chi connectivity index (χ2v) is 5.29. The fraction of sp³-hybridized carbons (Fsp3) is 0.267. The number of rotatable bonds is 5. The Balaban J connectivity index is 2.14. The molecule has 1 heterocycles. The molecule has 1 aromatic carbocycles. The average Bonchev–Trinajstić information content (AvgIpc) is 2.41. The van der Waals surface area contributed by atoms with Crippen molar-refractivity contribution in [3.63, 3.8) is 0 Å². The predicted octanol–water partition coefficient (Wildman–Crippen LogP) is 4.45. The van der Waals surface area contributed by atoms with E-state index in [1.165, 1.54) is 12.1 Å². The van der Waals surface area contributed by atoms with E-state index >= 15 is 0 Å². The zero-order valence-electron chi connectivity index (χ0n) is 11.4. The summed E-state index contributed by atoms with van der Waals surface area (Å²) in [6, 6.07) is 8.40. The summed E-state index contributed by atoms with van der Waals surface area (Å²) in [6.07, 6.45) is 2.61. The summed E-state index contributed by atoms with van der Waals surface area (Å²) in [4.78, 5) is 4.37. The van der Waals surface area contributed by atoms with Gasteiger partial charge in [-0.2, -0.15) is 0 Å². The minimum absolute atomic E-state index is 0.229. The second-order valence-electron chi connectivity index (χ2n) is 4.38. The first-order valence-corrected chi connectivity index (χ1v) is 7.19. The fourth-order valence-electron chi connectivity index (χ4n) is 1.94. The molecule has 0 aliphatic heterocycles. The van der Waals surface area contributed by atoms with E-state index in [-0.39, 0.29) is 11.9 Å². The monoisotopic (exact) mass is 338 g/mol. The molecule has 1 unspecified atom stereocenters. The van der Waals surface area contributed by atoms with Crippen LogP contribution in [-0.2, 0) is 0 Å². The topological polar surface area (TPSA) is 34.1 Å². The molecule has 5 heteroatoms. The van der Waals surface area contributed by atoms with E-state index in [1.807, 2.05) is 19.2 Å². The Morgan fingerprint density at radius 2 is 2.10 bits per heavy atom. The zero-order valence-corrected chi connectivity index (χ0v) is 12.9. The predicted molar refractivity (Wildman–Crippen MR) is 80.5 cm³/mol. The lowest BCUT2D eigenvalue weighted by atomic mass is 10.1. The number of hydrogen-bond donors (Lipinski definition) is 1. The van der Waals surface area contributed by atoms with Gasteiger partial charge in [0.25, 0.3) is 0 Å². The minimum Gasteiger partial charge on any atom is -0.456 e. The standard InChI is InChI=1S/C15H16BrFN2O/c1-3-14(18-2)15-5-4-12(9-19-15)20-13-7-10(16)6-11(17)8-13/h4-9,14,18H,3H2,1-2H3. The first-order chi connectivity index (χ1) is 9.62. The zero-order chi connectivity index (χ0) is 14.5.